The number of rotatable bonds is 10. The van der Waals surface area contributed by atoms with E-state index in [-0.39, 0.29) is 23.8 Å². The van der Waals surface area contributed by atoms with Gasteiger partial charge in [0.1, 0.15) is 0 Å². The lowest BCUT2D eigenvalue weighted by atomic mass is 10.2. The minimum atomic E-state index is -3.09. The van der Waals surface area contributed by atoms with Crippen molar-refractivity contribution in [3.63, 3.8) is 0 Å². The fourth-order valence-electron chi connectivity index (χ4n) is 1.76. The number of sulfone groups is 1. The second-order valence-electron chi connectivity index (χ2n) is 4.90. The standard InChI is InChI=1S/C14H21NO5S2/c1-2-22(19,20)10-11-7-8-12(21-11)14(18)15-9-5-3-4-6-13(16)17/h7-8H,2-6,9-10H2,1H3,(H,15,18)(H,16,17). The number of thiophene rings is 1. The normalized spacial score (nSPS) is 11.3. The van der Waals surface area contributed by atoms with Gasteiger partial charge < -0.3 is 10.4 Å². The number of unbranched alkanes of at least 4 members (excludes halogenated alkanes) is 2. The van der Waals surface area contributed by atoms with Crippen LogP contribution in [0.3, 0.4) is 0 Å². The highest BCUT2D eigenvalue weighted by Crippen LogP contribution is 2.19. The summed E-state index contributed by atoms with van der Waals surface area (Å²) in [4.78, 5) is 23.4. The predicted octanol–water partition coefficient (Wildman–Crippen LogP) is 2.06. The topological polar surface area (TPSA) is 101 Å². The SMILES string of the molecule is CCS(=O)(=O)Cc1ccc(C(=O)NCCCCCC(=O)O)s1. The highest BCUT2D eigenvalue weighted by molar-refractivity contribution is 7.90. The van der Waals surface area contributed by atoms with Gasteiger partial charge in [0.2, 0.25) is 0 Å². The molecule has 0 aromatic carbocycles. The van der Waals surface area contributed by atoms with E-state index in [1.54, 1.807) is 19.1 Å². The third-order valence-electron chi connectivity index (χ3n) is 3.04. The number of carboxylic acid groups (broad SMARTS) is 1. The largest absolute Gasteiger partial charge is 0.481 e. The van der Waals surface area contributed by atoms with Gasteiger partial charge in [0.25, 0.3) is 5.91 Å². The van der Waals surface area contributed by atoms with Crippen molar-refractivity contribution in [3.05, 3.63) is 21.9 Å². The third-order valence-corrected chi connectivity index (χ3v) is 5.94. The lowest BCUT2D eigenvalue weighted by molar-refractivity contribution is -0.137. The number of aliphatic carboxylic acids is 1. The molecule has 124 valence electrons. The summed E-state index contributed by atoms with van der Waals surface area (Å²) < 4.78 is 23.1. The molecule has 0 aliphatic heterocycles. The lowest BCUT2D eigenvalue weighted by Crippen LogP contribution is -2.23. The van der Waals surface area contributed by atoms with Gasteiger partial charge in [-0.1, -0.05) is 13.3 Å². The summed E-state index contributed by atoms with van der Waals surface area (Å²) in [5, 5.41) is 11.2. The Morgan fingerprint density at radius 3 is 2.59 bits per heavy atom. The van der Waals surface area contributed by atoms with Crippen LogP contribution in [-0.4, -0.2) is 37.7 Å². The van der Waals surface area contributed by atoms with E-state index >= 15 is 0 Å². The minimum absolute atomic E-state index is 0.0311. The number of carbonyl (C=O) groups excluding carboxylic acids is 1. The van der Waals surface area contributed by atoms with Crippen LogP contribution < -0.4 is 5.32 Å². The maximum absolute atomic E-state index is 11.9. The predicted molar refractivity (Wildman–Crippen MR) is 85.9 cm³/mol. The minimum Gasteiger partial charge on any atom is -0.481 e. The van der Waals surface area contributed by atoms with Gasteiger partial charge in [-0.15, -0.1) is 11.3 Å². The van der Waals surface area contributed by atoms with Crippen molar-refractivity contribution >= 4 is 33.1 Å². The van der Waals surface area contributed by atoms with Crippen molar-refractivity contribution in [3.8, 4) is 0 Å². The highest BCUT2D eigenvalue weighted by Gasteiger charge is 2.13. The van der Waals surface area contributed by atoms with E-state index in [0.29, 0.717) is 22.7 Å². The fourth-order valence-corrected chi connectivity index (χ4v) is 3.99. The molecule has 0 bridgehead atoms. The molecule has 0 aliphatic rings. The summed E-state index contributed by atoms with van der Waals surface area (Å²) >= 11 is 1.19. The van der Waals surface area contributed by atoms with Crippen LogP contribution in [0.1, 0.15) is 47.2 Å². The van der Waals surface area contributed by atoms with Gasteiger partial charge in [-0.25, -0.2) is 8.42 Å². The molecule has 1 aromatic heterocycles. The van der Waals surface area contributed by atoms with E-state index in [9.17, 15) is 18.0 Å². The van der Waals surface area contributed by atoms with Crippen LogP contribution in [0, 0.1) is 0 Å². The van der Waals surface area contributed by atoms with Crippen molar-refractivity contribution in [1.82, 2.24) is 5.32 Å². The zero-order valence-electron chi connectivity index (χ0n) is 12.5. The molecule has 1 heterocycles. The van der Waals surface area contributed by atoms with E-state index < -0.39 is 15.8 Å². The second-order valence-corrected chi connectivity index (χ2v) is 8.42. The molecule has 1 amide bonds. The van der Waals surface area contributed by atoms with Gasteiger partial charge in [-0.3, -0.25) is 9.59 Å². The number of carboxylic acids is 1. The van der Waals surface area contributed by atoms with Gasteiger partial charge in [0, 0.05) is 23.6 Å². The van der Waals surface area contributed by atoms with Crippen LogP contribution in [0.5, 0.6) is 0 Å². The maximum Gasteiger partial charge on any atom is 0.303 e. The van der Waals surface area contributed by atoms with E-state index in [1.165, 1.54) is 11.3 Å². The summed E-state index contributed by atoms with van der Waals surface area (Å²) in [5.41, 5.74) is 0. The average Bonchev–Trinajstić information content (AvgIpc) is 2.90. The average molecular weight is 347 g/mol. The molecular formula is C14H21NO5S2. The molecule has 0 saturated heterocycles. The Kier molecular flexibility index (Phi) is 7.53. The maximum atomic E-state index is 11.9. The monoisotopic (exact) mass is 347 g/mol. The molecule has 1 rings (SSSR count). The molecule has 0 saturated carbocycles. The molecule has 0 atom stereocenters. The molecular weight excluding hydrogens is 326 g/mol. The zero-order chi connectivity index (χ0) is 16.6. The van der Waals surface area contributed by atoms with Gasteiger partial charge in [0.15, 0.2) is 9.84 Å². The van der Waals surface area contributed by atoms with Crippen LogP contribution in [0.25, 0.3) is 0 Å². The number of hydrogen-bond acceptors (Lipinski definition) is 5. The molecule has 0 radical (unpaired) electrons. The van der Waals surface area contributed by atoms with Crippen molar-refractivity contribution in [2.24, 2.45) is 0 Å². The first-order chi connectivity index (χ1) is 10.3. The molecule has 0 aliphatic carbocycles. The molecule has 0 spiro atoms. The second kappa shape index (κ2) is 8.89. The Hall–Kier alpha value is -1.41. The van der Waals surface area contributed by atoms with Crippen molar-refractivity contribution in [2.45, 2.75) is 38.4 Å². The van der Waals surface area contributed by atoms with E-state index in [0.717, 1.165) is 12.8 Å². The summed E-state index contributed by atoms with van der Waals surface area (Å²) in [5.74, 6) is -0.972. The van der Waals surface area contributed by atoms with Gasteiger partial charge in [-0.05, 0) is 25.0 Å². The first kappa shape index (κ1) is 18.6. The van der Waals surface area contributed by atoms with Crippen LogP contribution >= 0.6 is 11.3 Å². The van der Waals surface area contributed by atoms with E-state index in [1.807, 2.05) is 0 Å². The Bertz CT molecular complexity index is 607. The van der Waals surface area contributed by atoms with E-state index in [4.69, 9.17) is 5.11 Å². The van der Waals surface area contributed by atoms with Crippen molar-refractivity contribution < 1.29 is 23.1 Å². The zero-order valence-corrected chi connectivity index (χ0v) is 14.1. The molecule has 0 unspecified atom stereocenters. The number of carbonyl (C=O) groups is 2. The Morgan fingerprint density at radius 2 is 1.95 bits per heavy atom. The molecule has 1 aromatic rings. The molecule has 6 nitrogen and oxygen atoms in total. The third kappa shape index (κ3) is 7.04. The Balaban J connectivity index is 2.34. The van der Waals surface area contributed by atoms with Gasteiger partial charge in [-0.2, -0.15) is 0 Å². The van der Waals surface area contributed by atoms with Crippen LogP contribution in [0.2, 0.25) is 0 Å². The summed E-state index contributed by atoms with van der Waals surface area (Å²) in [6.07, 6.45) is 2.22. The van der Waals surface area contributed by atoms with Crippen molar-refractivity contribution in [2.75, 3.05) is 12.3 Å². The van der Waals surface area contributed by atoms with Crippen LogP contribution in [-0.2, 0) is 20.4 Å². The Labute approximate surface area is 134 Å². The molecule has 22 heavy (non-hydrogen) atoms. The number of nitrogens with one attached hydrogen (secondary N) is 1. The first-order valence-electron chi connectivity index (χ1n) is 7.13. The van der Waals surface area contributed by atoms with Gasteiger partial charge >= 0.3 is 5.97 Å². The van der Waals surface area contributed by atoms with Crippen LogP contribution in [0.4, 0.5) is 0 Å². The quantitative estimate of drug-likeness (QED) is 0.631. The fraction of sp³-hybridized carbons (Fsp3) is 0.571. The molecule has 8 heteroatoms. The highest BCUT2D eigenvalue weighted by atomic mass is 32.2. The molecule has 2 N–H and O–H groups in total. The lowest BCUT2D eigenvalue weighted by Gasteiger charge is -2.03. The number of amides is 1. The van der Waals surface area contributed by atoms with Gasteiger partial charge in [0.05, 0.1) is 10.6 Å². The van der Waals surface area contributed by atoms with Crippen molar-refractivity contribution in [1.29, 1.82) is 0 Å². The molecule has 0 fully saturated rings. The smallest absolute Gasteiger partial charge is 0.303 e. The summed E-state index contributed by atoms with van der Waals surface area (Å²) in [7, 11) is -3.09. The Morgan fingerprint density at radius 1 is 1.23 bits per heavy atom. The first-order valence-corrected chi connectivity index (χ1v) is 9.77. The van der Waals surface area contributed by atoms with Crippen LogP contribution in [0.15, 0.2) is 12.1 Å². The van der Waals surface area contributed by atoms with E-state index in [2.05, 4.69) is 5.32 Å². The number of hydrogen-bond donors (Lipinski definition) is 2. The summed E-state index contributed by atoms with van der Waals surface area (Å²) in [6.45, 7) is 2.08. The summed E-state index contributed by atoms with van der Waals surface area (Å²) in [6, 6.07) is 3.30.